The minimum absolute atomic E-state index is 0.121. The van der Waals surface area contributed by atoms with Gasteiger partial charge in [-0.3, -0.25) is 9.48 Å². The van der Waals surface area contributed by atoms with Crippen molar-refractivity contribution in [3.05, 3.63) is 30.1 Å². The summed E-state index contributed by atoms with van der Waals surface area (Å²) >= 11 is 0. The molecule has 1 fully saturated rings. The Labute approximate surface area is 127 Å². The van der Waals surface area contributed by atoms with Crippen LogP contribution >= 0.6 is 0 Å². The summed E-state index contributed by atoms with van der Waals surface area (Å²) in [7, 11) is 0. The minimum Gasteiger partial charge on any atom is -0.323 e. The first-order chi connectivity index (χ1) is 10.2. The lowest BCUT2D eigenvalue weighted by atomic mass is 9.93. The van der Waals surface area contributed by atoms with Crippen molar-refractivity contribution in [1.82, 2.24) is 14.7 Å². The number of carbonyl (C=O) groups excluding carboxylic acids is 1. The Morgan fingerprint density at radius 3 is 2.68 bits per heavy atom. The zero-order valence-electron chi connectivity index (χ0n) is 12.7. The summed E-state index contributed by atoms with van der Waals surface area (Å²) in [5, 5.41) is 4.36. The molecule has 0 bridgehead atoms. The van der Waals surface area contributed by atoms with E-state index in [1.54, 1.807) is 13.1 Å². The second-order valence-corrected chi connectivity index (χ2v) is 5.69. The van der Waals surface area contributed by atoms with Crippen LogP contribution in [-0.2, 0) is 11.3 Å². The highest BCUT2D eigenvalue weighted by atomic mass is 19.4. The molecule has 1 amide bonds. The third-order valence-corrected chi connectivity index (χ3v) is 4.21. The highest BCUT2D eigenvalue weighted by molar-refractivity contribution is 5.87. The van der Waals surface area contributed by atoms with Gasteiger partial charge < -0.3 is 4.90 Å². The predicted molar refractivity (Wildman–Crippen MR) is 76.1 cm³/mol. The Morgan fingerprint density at radius 1 is 1.59 bits per heavy atom. The molecule has 122 valence electrons. The van der Waals surface area contributed by atoms with E-state index in [4.69, 9.17) is 0 Å². The van der Waals surface area contributed by atoms with Crippen LogP contribution in [0.3, 0.4) is 0 Å². The van der Waals surface area contributed by atoms with Gasteiger partial charge >= 0.3 is 6.18 Å². The van der Waals surface area contributed by atoms with Gasteiger partial charge in [-0.1, -0.05) is 6.58 Å². The number of hydrogen-bond donors (Lipinski definition) is 0. The van der Waals surface area contributed by atoms with Crippen LogP contribution in [0, 0.1) is 6.92 Å². The van der Waals surface area contributed by atoms with Crippen molar-refractivity contribution in [3.8, 4) is 0 Å². The molecule has 0 radical (unpaired) electrons. The number of hydrogen-bond acceptors (Lipinski definition) is 2. The number of carbonyl (C=O) groups is 1. The van der Waals surface area contributed by atoms with Crippen molar-refractivity contribution in [3.63, 3.8) is 0 Å². The SMILES string of the molecule is C=CC(=O)N(Cc1cn(C2CCC2)nc1C)[C@H](C)C(F)(F)F. The van der Waals surface area contributed by atoms with Crippen LogP contribution in [-0.4, -0.2) is 32.8 Å². The van der Waals surface area contributed by atoms with E-state index in [2.05, 4.69) is 11.7 Å². The van der Waals surface area contributed by atoms with E-state index in [0.29, 0.717) is 17.3 Å². The first-order valence-electron chi connectivity index (χ1n) is 7.28. The van der Waals surface area contributed by atoms with Crippen LogP contribution < -0.4 is 0 Å². The van der Waals surface area contributed by atoms with Crippen LogP contribution in [0.15, 0.2) is 18.9 Å². The average Bonchev–Trinajstić information content (AvgIpc) is 2.72. The van der Waals surface area contributed by atoms with E-state index in [0.717, 1.165) is 37.2 Å². The van der Waals surface area contributed by atoms with Crippen LogP contribution in [0.25, 0.3) is 0 Å². The number of aryl methyl sites for hydroxylation is 1. The molecule has 0 unspecified atom stereocenters. The van der Waals surface area contributed by atoms with E-state index in [1.807, 2.05) is 4.68 Å². The topological polar surface area (TPSA) is 38.1 Å². The molecule has 1 aliphatic rings. The van der Waals surface area contributed by atoms with Crippen molar-refractivity contribution in [2.75, 3.05) is 0 Å². The number of amides is 1. The van der Waals surface area contributed by atoms with E-state index in [1.165, 1.54) is 0 Å². The molecule has 0 aliphatic heterocycles. The van der Waals surface area contributed by atoms with Gasteiger partial charge in [-0.05, 0) is 39.2 Å². The van der Waals surface area contributed by atoms with Crippen LogP contribution in [0.1, 0.15) is 43.5 Å². The van der Waals surface area contributed by atoms with Crippen LogP contribution in [0.4, 0.5) is 13.2 Å². The molecule has 0 aromatic carbocycles. The normalized spacial score (nSPS) is 17.0. The molecule has 4 nitrogen and oxygen atoms in total. The van der Waals surface area contributed by atoms with E-state index >= 15 is 0 Å². The van der Waals surface area contributed by atoms with Gasteiger partial charge in [0.05, 0.1) is 11.7 Å². The van der Waals surface area contributed by atoms with E-state index < -0.39 is 18.1 Å². The molecule has 0 N–H and O–H groups in total. The Hall–Kier alpha value is -1.79. The first kappa shape index (κ1) is 16.6. The number of aromatic nitrogens is 2. The van der Waals surface area contributed by atoms with Crippen LogP contribution in [0.5, 0.6) is 0 Å². The zero-order valence-corrected chi connectivity index (χ0v) is 12.7. The molecule has 1 aromatic heterocycles. The molecular weight excluding hydrogens is 295 g/mol. The minimum atomic E-state index is -4.48. The lowest BCUT2D eigenvalue weighted by molar-refractivity contribution is -0.185. The summed E-state index contributed by atoms with van der Waals surface area (Å²) in [5.41, 5.74) is 1.29. The Bertz CT molecular complexity index is 561. The Morgan fingerprint density at radius 2 is 2.23 bits per heavy atom. The summed E-state index contributed by atoms with van der Waals surface area (Å²) < 4.78 is 40.7. The third-order valence-electron chi connectivity index (χ3n) is 4.21. The number of halogens is 3. The van der Waals surface area contributed by atoms with Crippen LogP contribution in [0.2, 0.25) is 0 Å². The predicted octanol–water partition coefficient (Wildman–Crippen LogP) is 3.38. The second kappa shape index (κ2) is 6.14. The fraction of sp³-hybridized carbons (Fsp3) is 0.600. The summed E-state index contributed by atoms with van der Waals surface area (Å²) in [6, 6.07) is -1.54. The smallest absolute Gasteiger partial charge is 0.323 e. The molecule has 0 saturated heterocycles. The first-order valence-corrected chi connectivity index (χ1v) is 7.28. The highest BCUT2D eigenvalue weighted by Crippen LogP contribution is 2.32. The monoisotopic (exact) mass is 315 g/mol. The third kappa shape index (κ3) is 3.34. The summed E-state index contributed by atoms with van der Waals surface area (Å²) in [5.74, 6) is -0.736. The fourth-order valence-corrected chi connectivity index (χ4v) is 2.40. The van der Waals surface area contributed by atoms with E-state index in [-0.39, 0.29) is 6.54 Å². The maximum Gasteiger partial charge on any atom is 0.408 e. The van der Waals surface area contributed by atoms with Gasteiger partial charge in [0.1, 0.15) is 6.04 Å². The zero-order chi connectivity index (χ0) is 16.5. The standard InChI is InChI=1S/C15H20F3N3O/c1-4-14(22)20(11(3)15(16,17)18)8-12-9-21(19-10(12)2)13-6-5-7-13/h4,9,11,13H,1,5-8H2,2-3H3/t11-/m1/s1. The van der Waals surface area contributed by atoms with Gasteiger partial charge in [-0.2, -0.15) is 18.3 Å². The molecule has 1 atom stereocenters. The molecule has 1 aliphatic carbocycles. The van der Waals surface area contributed by atoms with Crippen molar-refractivity contribution in [2.24, 2.45) is 0 Å². The van der Waals surface area contributed by atoms with Crippen molar-refractivity contribution in [1.29, 1.82) is 0 Å². The van der Waals surface area contributed by atoms with Crippen molar-refractivity contribution < 1.29 is 18.0 Å². The Kier molecular flexibility index (Phi) is 4.63. The molecule has 1 heterocycles. The molecule has 1 saturated carbocycles. The van der Waals surface area contributed by atoms with Gasteiger partial charge in [0.2, 0.25) is 5.91 Å². The van der Waals surface area contributed by atoms with Gasteiger partial charge in [0.25, 0.3) is 0 Å². The molecule has 1 aromatic rings. The summed E-state index contributed by atoms with van der Waals surface area (Å²) in [6.07, 6.45) is 1.41. The van der Waals surface area contributed by atoms with E-state index in [9.17, 15) is 18.0 Å². The van der Waals surface area contributed by atoms with Gasteiger partial charge in [-0.15, -0.1) is 0 Å². The average molecular weight is 315 g/mol. The quantitative estimate of drug-likeness (QED) is 0.781. The number of alkyl halides is 3. The van der Waals surface area contributed by atoms with Gasteiger partial charge in [-0.25, -0.2) is 0 Å². The second-order valence-electron chi connectivity index (χ2n) is 5.69. The maximum absolute atomic E-state index is 12.9. The molecule has 2 rings (SSSR count). The highest BCUT2D eigenvalue weighted by Gasteiger charge is 2.41. The molecule has 7 heteroatoms. The van der Waals surface area contributed by atoms with Gasteiger partial charge in [0.15, 0.2) is 0 Å². The van der Waals surface area contributed by atoms with Crippen molar-refractivity contribution in [2.45, 2.75) is 57.9 Å². The van der Waals surface area contributed by atoms with Gasteiger partial charge in [0, 0.05) is 18.3 Å². The lowest BCUT2D eigenvalue weighted by Gasteiger charge is -2.29. The molecule has 22 heavy (non-hydrogen) atoms. The van der Waals surface area contributed by atoms with Crippen molar-refractivity contribution >= 4 is 5.91 Å². The molecular formula is C15H20F3N3O. The summed E-state index contributed by atoms with van der Waals surface area (Å²) in [6.45, 7) is 5.89. The molecule has 0 spiro atoms. The number of nitrogens with zero attached hydrogens (tertiary/aromatic N) is 3. The lowest BCUT2D eigenvalue weighted by Crippen LogP contribution is -2.45. The number of rotatable bonds is 5. The largest absolute Gasteiger partial charge is 0.408 e. The fourth-order valence-electron chi connectivity index (χ4n) is 2.40. The Balaban J connectivity index is 2.21. The summed E-state index contributed by atoms with van der Waals surface area (Å²) in [4.78, 5) is 12.6. The maximum atomic E-state index is 12.9.